The Kier molecular flexibility index (Phi) is 6.80. The van der Waals surface area contributed by atoms with Crippen LogP contribution in [0.5, 0.6) is 5.75 Å². The Morgan fingerprint density at radius 1 is 0.970 bits per heavy atom. The number of rotatable bonds is 7. The van der Waals surface area contributed by atoms with Gasteiger partial charge in [0.15, 0.2) is 0 Å². The van der Waals surface area contributed by atoms with Gasteiger partial charge >= 0.3 is 0 Å². The molecule has 0 saturated carbocycles. The van der Waals surface area contributed by atoms with E-state index in [1.807, 2.05) is 48.9 Å². The number of anilines is 1. The number of ether oxygens (including phenoxy) is 1. The fourth-order valence-corrected chi connectivity index (χ4v) is 3.79. The second kappa shape index (κ2) is 9.92. The summed E-state index contributed by atoms with van der Waals surface area (Å²) >= 11 is 6.01. The zero-order valence-electron chi connectivity index (χ0n) is 18.9. The van der Waals surface area contributed by atoms with E-state index in [4.69, 9.17) is 16.3 Å². The zero-order chi connectivity index (χ0) is 23.4. The van der Waals surface area contributed by atoms with Crippen LogP contribution in [0.25, 0.3) is 0 Å². The van der Waals surface area contributed by atoms with E-state index in [9.17, 15) is 4.79 Å². The molecule has 0 aliphatic rings. The van der Waals surface area contributed by atoms with Crippen LogP contribution in [-0.4, -0.2) is 15.7 Å². The lowest BCUT2D eigenvalue weighted by molar-refractivity contribution is 0.102. The minimum atomic E-state index is -0.180. The molecule has 1 amide bonds. The van der Waals surface area contributed by atoms with E-state index in [2.05, 4.69) is 41.6 Å². The molecular weight excluding hydrogens is 434 g/mol. The molecule has 0 aliphatic heterocycles. The largest absolute Gasteiger partial charge is 0.489 e. The number of benzene rings is 3. The number of aryl methyl sites for hydroxylation is 2. The molecule has 168 valence electrons. The normalized spacial score (nSPS) is 10.8. The Morgan fingerprint density at radius 3 is 2.48 bits per heavy atom. The van der Waals surface area contributed by atoms with Gasteiger partial charge < -0.3 is 10.1 Å². The summed E-state index contributed by atoms with van der Waals surface area (Å²) in [6.07, 6.45) is 0. The van der Waals surface area contributed by atoms with Crippen LogP contribution < -0.4 is 10.1 Å². The van der Waals surface area contributed by atoms with Crippen molar-refractivity contribution >= 4 is 23.2 Å². The number of aromatic nitrogens is 2. The maximum atomic E-state index is 13.0. The number of hydrogen-bond acceptors (Lipinski definition) is 3. The molecule has 33 heavy (non-hydrogen) atoms. The summed E-state index contributed by atoms with van der Waals surface area (Å²) in [6.45, 7) is 6.94. The summed E-state index contributed by atoms with van der Waals surface area (Å²) in [4.78, 5) is 13.0. The molecule has 5 nitrogen and oxygen atoms in total. The van der Waals surface area contributed by atoms with Crippen molar-refractivity contribution < 1.29 is 9.53 Å². The summed E-state index contributed by atoms with van der Waals surface area (Å²) < 4.78 is 7.72. The van der Waals surface area contributed by atoms with Crippen LogP contribution in [0.4, 0.5) is 5.69 Å². The van der Waals surface area contributed by atoms with E-state index in [-0.39, 0.29) is 5.91 Å². The predicted molar refractivity (Wildman–Crippen MR) is 132 cm³/mol. The molecule has 0 aliphatic carbocycles. The lowest BCUT2D eigenvalue weighted by atomic mass is 10.1. The quantitative estimate of drug-likeness (QED) is 0.350. The monoisotopic (exact) mass is 459 g/mol. The van der Waals surface area contributed by atoms with Crippen molar-refractivity contribution in [1.29, 1.82) is 0 Å². The lowest BCUT2D eigenvalue weighted by Gasteiger charge is -2.10. The first-order valence-corrected chi connectivity index (χ1v) is 11.1. The smallest absolute Gasteiger partial charge is 0.255 e. The van der Waals surface area contributed by atoms with Gasteiger partial charge in [0.1, 0.15) is 12.4 Å². The maximum Gasteiger partial charge on any atom is 0.255 e. The fraction of sp³-hybridized carbons (Fsp3) is 0.185. The highest BCUT2D eigenvalue weighted by atomic mass is 35.5. The van der Waals surface area contributed by atoms with E-state index in [0.717, 1.165) is 28.2 Å². The van der Waals surface area contributed by atoms with Crippen LogP contribution in [0, 0.1) is 20.8 Å². The summed E-state index contributed by atoms with van der Waals surface area (Å²) in [5.41, 5.74) is 6.29. The number of carbonyl (C=O) groups is 1. The second-order valence-corrected chi connectivity index (χ2v) is 8.53. The minimum absolute atomic E-state index is 0.180. The van der Waals surface area contributed by atoms with E-state index >= 15 is 0 Å². The molecule has 0 fully saturated rings. The Balaban J connectivity index is 1.45. The summed E-state index contributed by atoms with van der Waals surface area (Å²) in [5, 5.41) is 8.29. The highest BCUT2D eigenvalue weighted by Gasteiger charge is 2.16. The van der Waals surface area contributed by atoms with Gasteiger partial charge in [0.2, 0.25) is 0 Å². The van der Waals surface area contributed by atoms with Crippen molar-refractivity contribution in [3.63, 3.8) is 0 Å². The van der Waals surface area contributed by atoms with Crippen molar-refractivity contribution in [2.24, 2.45) is 0 Å². The lowest BCUT2D eigenvalue weighted by Crippen LogP contribution is -2.14. The molecule has 1 heterocycles. The number of amides is 1. The molecule has 1 aromatic heterocycles. The number of halogens is 1. The van der Waals surface area contributed by atoms with Crippen molar-refractivity contribution in [3.05, 3.63) is 111 Å². The summed E-state index contributed by atoms with van der Waals surface area (Å²) in [6, 6.07) is 23.0. The minimum Gasteiger partial charge on any atom is -0.489 e. The van der Waals surface area contributed by atoms with Gasteiger partial charge in [-0.15, -0.1) is 0 Å². The average molecular weight is 460 g/mol. The fourth-order valence-electron chi connectivity index (χ4n) is 3.61. The molecule has 4 rings (SSSR count). The number of carbonyl (C=O) groups excluding carboxylic acids is 1. The van der Waals surface area contributed by atoms with E-state index in [0.29, 0.717) is 29.5 Å². The van der Waals surface area contributed by atoms with Crippen LogP contribution in [0.3, 0.4) is 0 Å². The molecule has 1 N–H and O–H groups in total. The Morgan fingerprint density at radius 2 is 1.73 bits per heavy atom. The average Bonchev–Trinajstić information content (AvgIpc) is 3.06. The Bertz CT molecular complexity index is 1280. The van der Waals surface area contributed by atoms with Crippen molar-refractivity contribution in [2.75, 3.05) is 5.32 Å². The molecule has 4 aromatic rings. The first kappa shape index (κ1) is 22.6. The van der Waals surface area contributed by atoms with Gasteiger partial charge in [0.05, 0.1) is 23.6 Å². The molecule has 0 spiro atoms. The Hall–Kier alpha value is -3.57. The maximum absolute atomic E-state index is 13.0. The third kappa shape index (κ3) is 5.62. The van der Waals surface area contributed by atoms with E-state index in [1.165, 1.54) is 5.56 Å². The molecule has 0 saturated heterocycles. The third-order valence-electron chi connectivity index (χ3n) is 5.46. The van der Waals surface area contributed by atoms with Crippen LogP contribution in [0.1, 0.15) is 38.4 Å². The van der Waals surface area contributed by atoms with Gasteiger partial charge in [-0.3, -0.25) is 9.48 Å². The van der Waals surface area contributed by atoms with Gasteiger partial charge in [-0.25, -0.2) is 0 Å². The molecule has 3 aromatic carbocycles. The highest BCUT2D eigenvalue weighted by Crippen LogP contribution is 2.22. The third-order valence-corrected chi connectivity index (χ3v) is 5.70. The molecule has 0 unspecified atom stereocenters. The van der Waals surface area contributed by atoms with Crippen molar-refractivity contribution in [3.8, 4) is 5.75 Å². The number of nitrogens with one attached hydrogen (secondary N) is 1. The second-order valence-electron chi connectivity index (χ2n) is 8.09. The standard InChI is InChI=1S/C27H26ClN3O2/c1-18-10-12-21(13-11-18)16-31-20(3)26(19(2)30-31)29-27(32)23-7-4-6-22(14-23)17-33-25-9-5-8-24(28)15-25/h4-15H,16-17H2,1-3H3,(H,29,32). The number of nitrogens with zero attached hydrogens (tertiary/aromatic N) is 2. The Labute approximate surface area is 199 Å². The van der Waals surface area contributed by atoms with E-state index < -0.39 is 0 Å². The summed E-state index contributed by atoms with van der Waals surface area (Å²) in [7, 11) is 0. The topological polar surface area (TPSA) is 56.2 Å². The van der Waals surface area contributed by atoms with Gasteiger partial charge in [-0.2, -0.15) is 5.10 Å². The molecular formula is C27H26ClN3O2. The van der Waals surface area contributed by atoms with Crippen LogP contribution in [-0.2, 0) is 13.2 Å². The van der Waals surface area contributed by atoms with Crippen LogP contribution in [0.2, 0.25) is 5.02 Å². The van der Waals surface area contributed by atoms with Crippen molar-refractivity contribution in [2.45, 2.75) is 33.9 Å². The molecule has 0 atom stereocenters. The first-order chi connectivity index (χ1) is 15.9. The van der Waals surface area contributed by atoms with Gasteiger partial charge in [-0.1, -0.05) is 59.6 Å². The zero-order valence-corrected chi connectivity index (χ0v) is 19.7. The van der Waals surface area contributed by atoms with Crippen LogP contribution >= 0.6 is 11.6 Å². The van der Waals surface area contributed by atoms with Crippen molar-refractivity contribution in [1.82, 2.24) is 9.78 Å². The summed E-state index contributed by atoms with van der Waals surface area (Å²) in [5.74, 6) is 0.505. The molecule has 0 radical (unpaired) electrons. The highest BCUT2D eigenvalue weighted by molar-refractivity contribution is 6.30. The first-order valence-electron chi connectivity index (χ1n) is 10.8. The molecule has 0 bridgehead atoms. The van der Waals surface area contributed by atoms with E-state index in [1.54, 1.807) is 18.2 Å². The van der Waals surface area contributed by atoms with Crippen LogP contribution in [0.15, 0.2) is 72.8 Å². The number of hydrogen-bond donors (Lipinski definition) is 1. The SMILES string of the molecule is Cc1ccc(Cn2nc(C)c(NC(=O)c3cccc(COc4cccc(Cl)c4)c3)c2C)cc1. The van der Waals surface area contributed by atoms with Gasteiger partial charge in [0, 0.05) is 10.6 Å². The van der Waals surface area contributed by atoms with Gasteiger partial charge in [0.25, 0.3) is 5.91 Å². The predicted octanol–water partition coefficient (Wildman–Crippen LogP) is 6.34. The van der Waals surface area contributed by atoms with Gasteiger partial charge in [-0.05, 0) is 62.2 Å². The molecule has 6 heteroatoms.